The molecule has 0 unspecified atom stereocenters. The minimum Gasteiger partial charge on any atom is -0.485 e. The van der Waals surface area contributed by atoms with Crippen molar-refractivity contribution >= 4 is 54.2 Å². The summed E-state index contributed by atoms with van der Waals surface area (Å²) in [5.41, 5.74) is 2.33. The molecule has 5 aromatic rings. The predicted molar refractivity (Wildman–Crippen MR) is 128 cm³/mol. The van der Waals surface area contributed by atoms with E-state index in [2.05, 4.69) is 36.4 Å². The smallest absolute Gasteiger partial charge is 0.179 e. The highest BCUT2D eigenvalue weighted by atomic mass is 32.1. The van der Waals surface area contributed by atoms with E-state index < -0.39 is 0 Å². The summed E-state index contributed by atoms with van der Waals surface area (Å²) < 4.78 is 25.9. The predicted octanol–water partition coefficient (Wildman–Crippen LogP) is 7.05. The van der Waals surface area contributed by atoms with Crippen molar-refractivity contribution in [2.75, 3.05) is 26.4 Å². The van der Waals surface area contributed by atoms with E-state index in [0.717, 1.165) is 32.8 Å². The number of hydrogen-bond acceptors (Lipinski definition) is 7. The van der Waals surface area contributed by atoms with Crippen molar-refractivity contribution in [1.29, 1.82) is 0 Å². The number of ether oxygens (including phenoxy) is 4. The van der Waals surface area contributed by atoms with Crippen molar-refractivity contribution in [1.82, 2.24) is 0 Å². The summed E-state index contributed by atoms with van der Waals surface area (Å²) in [6.45, 7) is 2.42. The van der Waals surface area contributed by atoms with Crippen molar-refractivity contribution in [2.24, 2.45) is 0 Å². The van der Waals surface area contributed by atoms with Crippen LogP contribution in [0.4, 0.5) is 0 Å². The van der Waals surface area contributed by atoms with E-state index in [1.807, 2.05) is 22.1 Å². The summed E-state index contributed by atoms with van der Waals surface area (Å²) in [4.78, 5) is 2.26. The van der Waals surface area contributed by atoms with Gasteiger partial charge in [-0.1, -0.05) is 12.1 Å². The van der Waals surface area contributed by atoms with Gasteiger partial charge in [-0.2, -0.15) is 0 Å². The Labute approximate surface area is 190 Å². The van der Waals surface area contributed by atoms with Crippen LogP contribution in [0.5, 0.6) is 23.0 Å². The van der Waals surface area contributed by atoms with Crippen LogP contribution in [0.15, 0.2) is 47.2 Å². The Hall–Kier alpha value is -2.74. The lowest BCUT2D eigenvalue weighted by Gasteiger charge is -2.16. The van der Waals surface area contributed by atoms with E-state index in [9.17, 15) is 0 Å². The molecule has 0 aliphatic carbocycles. The van der Waals surface area contributed by atoms with Crippen LogP contribution in [0.1, 0.15) is 0 Å². The lowest BCUT2D eigenvalue weighted by Crippen LogP contribution is -2.14. The van der Waals surface area contributed by atoms with Crippen molar-refractivity contribution < 1.29 is 18.9 Å². The summed E-state index contributed by atoms with van der Waals surface area (Å²) in [5, 5.41) is 6.61. The minimum atomic E-state index is 0.598. The average molecular weight is 465 g/mol. The molecule has 0 bridgehead atoms. The molecule has 5 heterocycles. The summed E-state index contributed by atoms with van der Waals surface area (Å²) in [6.07, 6.45) is 0. The highest BCUT2D eigenvalue weighted by Crippen LogP contribution is 2.49. The van der Waals surface area contributed by atoms with Crippen LogP contribution in [0, 0.1) is 0 Å². The molecule has 0 fully saturated rings. The third-order valence-electron chi connectivity index (χ3n) is 5.60. The number of rotatable bonds is 2. The van der Waals surface area contributed by atoms with E-state index in [1.165, 1.54) is 31.3 Å². The van der Waals surface area contributed by atoms with E-state index in [-0.39, 0.29) is 0 Å². The van der Waals surface area contributed by atoms with Crippen LogP contribution in [0.2, 0.25) is 0 Å². The fourth-order valence-electron chi connectivity index (χ4n) is 4.18. The van der Waals surface area contributed by atoms with E-state index in [0.29, 0.717) is 26.4 Å². The highest BCUT2D eigenvalue weighted by Gasteiger charge is 2.22. The second kappa shape index (κ2) is 6.88. The van der Waals surface area contributed by atoms with Gasteiger partial charge < -0.3 is 18.9 Å². The molecule has 7 rings (SSSR count). The Morgan fingerprint density at radius 3 is 1.58 bits per heavy atom. The van der Waals surface area contributed by atoms with Crippen molar-refractivity contribution in [3.63, 3.8) is 0 Å². The summed E-state index contributed by atoms with van der Waals surface area (Å²) in [6, 6.07) is 13.4. The first-order chi connectivity index (χ1) is 15.3. The zero-order valence-electron chi connectivity index (χ0n) is 16.3. The Morgan fingerprint density at radius 1 is 0.581 bits per heavy atom. The first kappa shape index (κ1) is 17.9. The molecule has 31 heavy (non-hydrogen) atoms. The molecule has 2 aliphatic rings. The van der Waals surface area contributed by atoms with Crippen LogP contribution >= 0.6 is 34.0 Å². The van der Waals surface area contributed by atoms with Gasteiger partial charge in [-0.25, -0.2) is 0 Å². The van der Waals surface area contributed by atoms with Gasteiger partial charge in [-0.15, -0.1) is 34.0 Å². The molecular formula is C24H16O4S3. The Morgan fingerprint density at radius 2 is 1.06 bits per heavy atom. The van der Waals surface area contributed by atoms with Crippen molar-refractivity contribution in [2.45, 2.75) is 0 Å². The molecule has 0 saturated carbocycles. The third-order valence-corrected chi connectivity index (χ3v) is 8.73. The standard InChI is InChI=1S/C24H16O4S3/c1-3-19-15(9-13(1)23-21-17(11-29-23)25-5-7-27-21)16-10-14(2-4-20(16)31-19)24-22-18(12-30-24)26-6-8-28-22/h1-4,9-12H,5-8H2. The Balaban J connectivity index is 1.39. The maximum Gasteiger partial charge on any atom is 0.179 e. The van der Waals surface area contributed by atoms with E-state index in [4.69, 9.17) is 18.9 Å². The molecule has 0 spiro atoms. The Kier molecular flexibility index (Phi) is 3.97. The van der Waals surface area contributed by atoms with Crippen LogP contribution in [0.25, 0.3) is 41.1 Å². The van der Waals surface area contributed by atoms with Gasteiger partial charge in [0.15, 0.2) is 23.0 Å². The molecule has 0 atom stereocenters. The monoisotopic (exact) mass is 464 g/mol. The second-order valence-electron chi connectivity index (χ2n) is 7.43. The highest BCUT2D eigenvalue weighted by molar-refractivity contribution is 7.25. The molecule has 4 nitrogen and oxygen atoms in total. The maximum absolute atomic E-state index is 5.91. The normalized spacial score (nSPS) is 15.0. The zero-order chi connectivity index (χ0) is 20.4. The van der Waals surface area contributed by atoms with Crippen molar-refractivity contribution in [3.05, 3.63) is 47.2 Å². The van der Waals surface area contributed by atoms with Gasteiger partial charge in [0.25, 0.3) is 0 Å². The van der Waals surface area contributed by atoms with Crippen LogP contribution in [-0.2, 0) is 0 Å². The van der Waals surface area contributed by atoms with E-state index in [1.54, 1.807) is 22.7 Å². The molecule has 0 saturated heterocycles. The lowest BCUT2D eigenvalue weighted by atomic mass is 10.1. The van der Waals surface area contributed by atoms with Gasteiger partial charge in [-0.3, -0.25) is 0 Å². The number of fused-ring (bicyclic) bond motifs is 5. The first-order valence-corrected chi connectivity index (χ1v) is 12.6. The van der Waals surface area contributed by atoms with Gasteiger partial charge in [0, 0.05) is 30.9 Å². The van der Waals surface area contributed by atoms with Gasteiger partial charge in [0.05, 0.1) is 9.75 Å². The maximum atomic E-state index is 5.91. The quantitative estimate of drug-likeness (QED) is 0.280. The largest absolute Gasteiger partial charge is 0.485 e. The fraction of sp³-hybridized carbons (Fsp3) is 0.167. The van der Waals surface area contributed by atoms with Crippen LogP contribution in [-0.4, -0.2) is 26.4 Å². The summed E-state index contributed by atoms with van der Waals surface area (Å²) >= 11 is 5.18. The summed E-state index contributed by atoms with van der Waals surface area (Å²) in [7, 11) is 0. The zero-order valence-corrected chi connectivity index (χ0v) is 18.8. The molecular weight excluding hydrogens is 448 g/mol. The van der Waals surface area contributed by atoms with Gasteiger partial charge in [-0.05, 0) is 35.4 Å². The van der Waals surface area contributed by atoms with Gasteiger partial charge in [0.1, 0.15) is 26.4 Å². The number of thiophene rings is 3. The third kappa shape index (κ3) is 2.77. The molecule has 0 radical (unpaired) electrons. The molecule has 154 valence electrons. The van der Waals surface area contributed by atoms with Crippen LogP contribution < -0.4 is 18.9 Å². The SMILES string of the molecule is c1cc2sc3ccc(-c4scc5c4OCCO5)cc3c2cc1-c1scc2c1OCCO2. The average Bonchev–Trinajstić information content (AvgIpc) is 3.53. The molecule has 2 aromatic carbocycles. The minimum absolute atomic E-state index is 0.598. The fourth-order valence-corrected chi connectivity index (χ4v) is 7.11. The first-order valence-electron chi connectivity index (χ1n) is 10.1. The van der Waals surface area contributed by atoms with E-state index >= 15 is 0 Å². The lowest BCUT2D eigenvalue weighted by molar-refractivity contribution is 0.174. The number of hydrogen-bond donors (Lipinski definition) is 0. The molecule has 0 N–H and O–H groups in total. The molecule has 2 aliphatic heterocycles. The number of benzene rings is 2. The van der Waals surface area contributed by atoms with Crippen LogP contribution in [0.3, 0.4) is 0 Å². The molecule has 3 aromatic heterocycles. The Bertz CT molecular complexity index is 1350. The van der Waals surface area contributed by atoms with Crippen molar-refractivity contribution in [3.8, 4) is 43.9 Å². The van der Waals surface area contributed by atoms with Gasteiger partial charge in [0.2, 0.25) is 0 Å². The van der Waals surface area contributed by atoms with Gasteiger partial charge >= 0.3 is 0 Å². The molecule has 7 heteroatoms. The second-order valence-corrected chi connectivity index (χ2v) is 10.3. The topological polar surface area (TPSA) is 36.9 Å². The summed E-state index contributed by atoms with van der Waals surface area (Å²) in [5.74, 6) is 3.46. The molecule has 0 amide bonds.